The average Bonchev–Trinajstić information content (AvgIpc) is 3.12. The summed E-state index contributed by atoms with van der Waals surface area (Å²) in [6.45, 7) is 0. The van der Waals surface area contributed by atoms with Crippen molar-refractivity contribution < 1.29 is 35.7 Å². The maximum Gasteiger partial charge on any atom is 0.471 e. The molecule has 0 spiro atoms. The van der Waals surface area contributed by atoms with Gasteiger partial charge in [-0.15, -0.1) is 0 Å². The van der Waals surface area contributed by atoms with Crippen LogP contribution in [0, 0.1) is 0 Å². The smallest absolute Gasteiger partial charge is 0.329 e. The number of hydrogen-bond acceptors (Lipinski definition) is 4. The number of ketones is 1. The Morgan fingerprint density at radius 2 is 1.61 bits per heavy atom. The number of alkyl halides is 6. The van der Waals surface area contributed by atoms with Crippen LogP contribution in [-0.4, -0.2) is 15.9 Å². The van der Waals surface area contributed by atoms with Crippen molar-refractivity contribution >= 4 is 5.78 Å². The molecule has 10 heteroatoms. The lowest BCUT2D eigenvalue weighted by Crippen LogP contribution is -2.08. The quantitative estimate of drug-likeness (QED) is 0.446. The molecule has 0 N–H and O–H groups in total. The van der Waals surface area contributed by atoms with Crippen LogP contribution in [0.25, 0.3) is 11.4 Å². The van der Waals surface area contributed by atoms with Gasteiger partial charge < -0.3 is 4.52 Å². The van der Waals surface area contributed by atoms with Gasteiger partial charge in [0.15, 0.2) is 5.78 Å². The van der Waals surface area contributed by atoms with Crippen molar-refractivity contribution in [2.45, 2.75) is 18.8 Å². The van der Waals surface area contributed by atoms with Crippen LogP contribution >= 0.6 is 0 Å². The van der Waals surface area contributed by atoms with Gasteiger partial charge in [0.25, 0.3) is 0 Å². The van der Waals surface area contributed by atoms with Crippen molar-refractivity contribution in [2.24, 2.45) is 0 Å². The first kappa shape index (κ1) is 19.6. The van der Waals surface area contributed by atoms with Gasteiger partial charge in [-0.05, 0) is 11.6 Å². The summed E-state index contributed by atoms with van der Waals surface area (Å²) in [6, 6.07) is 9.72. The molecule has 0 radical (unpaired) electrons. The molecule has 0 aliphatic heterocycles. The molecule has 146 valence electrons. The molecule has 2 aromatic carbocycles. The predicted molar refractivity (Wildman–Crippen MR) is 84.2 cm³/mol. The first-order valence-electron chi connectivity index (χ1n) is 7.75. The fourth-order valence-electron chi connectivity index (χ4n) is 2.41. The average molecular weight is 400 g/mol. The minimum absolute atomic E-state index is 0.181. The number of carbonyl (C=O) groups excluding carboxylic acids is 1. The number of Topliss-reactive ketones (excluding diaryl/α,β-unsaturated/α-hetero) is 1. The number of benzene rings is 2. The van der Waals surface area contributed by atoms with E-state index in [1.807, 2.05) is 0 Å². The van der Waals surface area contributed by atoms with Gasteiger partial charge in [0, 0.05) is 17.5 Å². The third-order valence-corrected chi connectivity index (χ3v) is 3.75. The molecular weight excluding hydrogens is 390 g/mol. The molecule has 0 aliphatic rings. The van der Waals surface area contributed by atoms with Crippen molar-refractivity contribution in [3.63, 3.8) is 0 Å². The Kier molecular flexibility index (Phi) is 4.97. The maximum absolute atomic E-state index is 12.7. The molecule has 4 nitrogen and oxygen atoms in total. The van der Waals surface area contributed by atoms with Gasteiger partial charge in [0.1, 0.15) is 0 Å². The molecule has 0 unspecified atom stereocenters. The van der Waals surface area contributed by atoms with Crippen molar-refractivity contribution in [1.29, 1.82) is 0 Å². The van der Waals surface area contributed by atoms with E-state index in [2.05, 4.69) is 14.7 Å². The number of halogens is 6. The standard InChI is InChI=1S/C18H10F6N2O2/c19-17(20,21)13-3-1-2-10(8-13)9-14(27)11-4-6-12(7-5-11)15-25-16(28-26-15)18(22,23)24/h1-8H,9H2. The SMILES string of the molecule is O=C(Cc1cccc(C(F)(F)F)c1)c1ccc(-c2noc(C(F)(F)F)n2)cc1. The highest BCUT2D eigenvalue weighted by Gasteiger charge is 2.38. The van der Waals surface area contributed by atoms with Gasteiger partial charge in [-0.1, -0.05) is 47.6 Å². The minimum Gasteiger partial charge on any atom is -0.329 e. The Labute approximate surface area is 153 Å². The minimum atomic E-state index is -4.77. The van der Waals surface area contributed by atoms with Crippen molar-refractivity contribution in [2.75, 3.05) is 0 Å². The molecule has 0 bridgehead atoms. The lowest BCUT2D eigenvalue weighted by Gasteiger charge is -2.08. The second-order valence-corrected chi connectivity index (χ2v) is 5.80. The maximum atomic E-state index is 12.7. The largest absolute Gasteiger partial charge is 0.471 e. The van der Waals surface area contributed by atoms with Crippen LogP contribution in [0.1, 0.15) is 27.4 Å². The van der Waals surface area contributed by atoms with Crippen LogP contribution in [-0.2, 0) is 18.8 Å². The van der Waals surface area contributed by atoms with E-state index in [0.29, 0.717) is 0 Å². The zero-order valence-corrected chi connectivity index (χ0v) is 13.8. The molecule has 1 heterocycles. The monoisotopic (exact) mass is 400 g/mol. The van der Waals surface area contributed by atoms with E-state index in [9.17, 15) is 31.1 Å². The van der Waals surface area contributed by atoms with Crippen LogP contribution in [0.4, 0.5) is 26.3 Å². The second-order valence-electron chi connectivity index (χ2n) is 5.80. The number of nitrogens with zero attached hydrogens (tertiary/aromatic N) is 2. The molecule has 0 amide bonds. The molecule has 0 aliphatic carbocycles. The lowest BCUT2D eigenvalue weighted by molar-refractivity contribution is -0.159. The van der Waals surface area contributed by atoms with E-state index in [1.165, 1.54) is 36.4 Å². The van der Waals surface area contributed by atoms with Gasteiger partial charge in [-0.3, -0.25) is 4.79 Å². The molecule has 1 aromatic heterocycles. The third kappa shape index (κ3) is 4.38. The van der Waals surface area contributed by atoms with E-state index in [1.54, 1.807) is 0 Å². The summed E-state index contributed by atoms with van der Waals surface area (Å²) in [5, 5.41) is 3.23. The summed E-state index contributed by atoms with van der Waals surface area (Å²) >= 11 is 0. The number of aromatic nitrogens is 2. The van der Waals surface area contributed by atoms with Gasteiger partial charge in [0.2, 0.25) is 5.82 Å². The van der Waals surface area contributed by atoms with Crippen LogP contribution in [0.5, 0.6) is 0 Å². The summed E-state index contributed by atoms with van der Waals surface area (Å²) < 4.78 is 79.8. The van der Waals surface area contributed by atoms with E-state index < -0.39 is 29.6 Å². The van der Waals surface area contributed by atoms with Crippen LogP contribution in [0.2, 0.25) is 0 Å². The summed E-state index contributed by atoms with van der Waals surface area (Å²) in [5.41, 5.74) is -0.293. The van der Waals surface area contributed by atoms with Crippen LogP contribution < -0.4 is 0 Å². The Morgan fingerprint density at radius 3 is 2.18 bits per heavy atom. The molecule has 0 saturated carbocycles. The van der Waals surface area contributed by atoms with E-state index in [-0.39, 0.29) is 28.9 Å². The first-order chi connectivity index (χ1) is 13.0. The molecule has 3 aromatic rings. The first-order valence-corrected chi connectivity index (χ1v) is 7.75. The molecule has 0 fully saturated rings. The normalized spacial score (nSPS) is 12.2. The van der Waals surface area contributed by atoms with E-state index in [0.717, 1.165) is 12.1 Å². The molecule has 0 saturated heterocycles. The van der Waals surface area contributed by atoms with E-state index >= 15 is 0 Å². The van der Waals surface area contributed by atoms with Gasteiger partial charge in [0.05, 0.1) is 5.56 Å². The van der Waals surface area contributed by atoms with Crippen molar-refractivity contribution in [3.05, 3.63) is 71.1 Å². The zero-order valence-electron chi connectivity index (χ0n) is 13.8. The third-order valence-electron chi connectivity index (χ3n) is 3.75. The lowest BCUT2D eigenvalue weighted by atomic mass is 10.0. The summed E-state index contributed by atoms with van der Waals surface area (Å²) in [4.78, 5) is 15.5. The molecule has 28 heavy (non-hydrogen) atoms. The molecular formula is C18H10F6N2O2. The fourth-order valence-corrected chi connectivity index (χ4v) is 2.41. The highest BCUT2D eigenvalue weighted by molar-refractivity contribution is 5.97. The number of hydrogen-bond donors (Lipinski definition) is 0. The topological polar surface area (TPSA) is 56.0 Å². The summed E-state index contributed by atoms with van der Waals surface area (Å²) in [5.74, 6) is -2.24. The van der Waals surface area contributed by atoms with Gasteiger partial charge in [-0.25, -0.2) is 0 Å². The van der Waals surface area contributed by atoms with Crippen molar-refractivity contribution in [1.82, 2.24) is 10.1 Å². The number of carbonyl (C=O) groups is 1. The predicted octanol–water partition coefficient (Wildman–Crippen LogP) is 5.20. The zero-order chi connectivity index (χ0) is 20.5. The fraction of sp³-hybridized carbons (Fsp3) is 0.167. The Bertz CT molecular complexity index is 990. The van der Waals surface area contributed by atoms with Gasteiger partial charge in [-0.2, -0.15) is 31.3 Å². The van der Waals surface area contributed by atoms with Crippen molar-refractivity contribution in [3.8, 4) is 11.4 Å². The van der Waals surface area contributed by atoms with Gasteiger partial charge >= 0.3 is 18.2 Å². The van der Waals surface area contributed by atoms with E-state index in [4.69, 9.17) is 0 Å². The Morgan fingerprint density at radius 1 is 0.929 bits per heavy atom. The summed E-state index contributed by atoms with van der Waals surface area (Å²) in [6.07, 6.45) is -9.55. The van der Waals surface area contributed by atoms with Crippen LogP contribution in [0.3, 0.4) is 0 Å². The number of rotatable bonds is 4. The highest BCUT2D eigenvalue weighted by Crippen LogP contribution is 2.30. The Hall–Kier alpha value is -3.17. The summed E-state index contributed by atoms with van der Waals surface area (Å²) in [7, 11) is 0. The molecule has 0 atom stereocenters. The highest BCUT2D eigenvalue weighted by atomic mass is 19.4. The Balaban J connectivity index is 1.75. The second kappa shape index (κ2) is 7.10. The molecule has 3 rings (SSSR count). The van der Waals surface area contributed by atoms with Crippen LogP contribution in [0.15, 0.2) is 53.1 Å².